The molecular formula is C63H73N11O9S2. The number of unbranched alkanes of at least 4 members (excludes halogenated alkanes) is 1. The summed E-state index contributed by atoms with van der Waals surface area (Å²) in [7, 11) is 2.14. The van der Waals surface area contributed by atoms with E-state index in [0.717, 1.165) is 59.6 Å². The van der Waals surface area contributed by atoms with Crippen molar-refractivity contribution in [2.24, 2.45) is 23.1 Å². The van der Waals surface area contributed by atoms with E-state index >= 15 is 0 Å². The highest BCUT2D eigenvalue weighted by atomic mass is 33.1. The van der Waals surface area contributed by atoms with E-state index < -0.39 is 102 Å². The molecule has 1 saturated heterocycles. The van der Waals surface area contributed by atoms with Gasteiger partial charge < -0.3 is 64.5 Å². The third kappa shape index (κ3) is 17.3. The zero-order valence-electron chi connectivity index (χ0n) is 47.3. The molecule has 20 nitrogen and oxygen atoms in total. The van der Waals surface area contributed by atoms with E-state index in [2.05, 4.69) is 42.2 Å². The number of carbonyl (C=O) groups excluding carboxylic acids is 8. The zero-order chi connectivity index (χ0) is 60.6. The Morgan fingerprint density at radius 1 is 0.624 bits per heavy atom. The van der Waals surface area contributed by atoms with Crippen LogP contribution < -0.4 is 54.4 Å². The molecular weight excluding hydrogens is 1120 g/mol. The van der Waals surface area contributed by atoms with E-state index in [0.29, 0.717) is 29.5 Å². The molecule has 0 spiro atoms. The molecule has 7 aromatic rings. The molecule has 0 saturated carbocycles. The van der Waals surface area contributed by atoms with Crippen molar-refractivity contribution in [3.8, 4) is 5.75 Å². The fourth-order valence-corrected chi connectivity index (χ4v) is 12.4. The molecule has 8 rings (SSSR count). The van der Waals surface area contributed by atoms with Crippen LogP contribution in [0.2, 0.25) is 0 Å². The highest BCUT2D eigenvalue weighted by Gasteiger charge is 2.36. The Morgan fingerprint density at radius 3 is 1.84 bits per heavy atom. The summed E-state index contributed by atoms with van der Waals surface area (Å²) < 4.78 is 0. The minimum Gasteiger partial charge on any atom is -0.508 e. The SMILES string of the molecule is CC(C)C1NC(=O)C(CCCCN)NC(=O)[C@@H](Cc2c[nH]c3ccccc23)NC(=O)[C@H](Cc2ccc(O)cc2)NC(=O)C(NC(=O)[C@H](N)Cc2ccc3ccccc3c2)CSSC[C@@H](C(=O)N[C@@H](Cc2ccc3ccccc3c2)C(N)=O)NC1=O. The van der Waals surface area contributed by atoms with Gasteiger partial charge in [0.25, 0.3) is 0 Å². The molecule has 1 aliphatic rings. The van der Waals surface area contributed by atoms with Crippen molar-refractivity contribution in [1.29, 1.82) is 0 Å². The molecule has 8 amide bonds. The number of phenolic OH excluding ortho intramolecular Hbond substituents is 1. The number of aromatic nitrogens is 1. The standard InChI is InChI=1S/C63H73N11O9S2/c1-36(2)55-63(83)73-54(61(81)69-50(56(66)76)31-39-19-23-41-12-4-6-14-43(41)28-39)35-85-84-34-53(72-57(77)47(65)29-38-18-22-40-11-3-5-13-42(40)27-38)62(82)70-51(30-37-20-24-45(75)25-21-37)59(79)71-52(32-44-33-67-48-16-8-7-15-46(44)48)60(80)68-49(58(78)74-55)17-9-10-26-64/h3-8,11-16,18-25,27-28,33,36,47,49-55,67,75H,9-10,17,26,29-32,34-35,64-65H2,1-2H3,(H2,66,76)(H,68,80)(H,69,81)(H,70,82)(H,71,79)(H,72,77)(H,73,83)(H,74,78)/t47-,49?,50+,51+,52-,53?,54+,55?/m1/s1. The summed E-state index contributed by atoms with van der Waals surface area (Å²) >= 11 is 0. The average molecular weight is 1190 g/mol. The third-order valence-corrected chi connectivity index (χ3v) is 17.3. The number of aromatic hydroxyl groups is 1. The summed E-state index contributed by atoms with van der Waals surface area (Å²) in [5.74, 6) is -7.08. The maximum absolute atomic E-state index is 15.0. The van der Waals surface area contributed by atoms with E-state index in [4.69, 9.17) is 17.2 Å². The van der Waals surface area contributed by atoms with Crippen molar-refractivity contribution in [1.82, 2.24) is 42.2 Å². The van der Waals surface area contributed by atoms with Crippen LogP contribution in [0.3, 0.4) is 0 Å². The maximum Gasteiger partial charge on any atom is 0.244 e. The van der Waals surface area contributed by atoms with E-state index in [-0.39, 0.29) is 55.9 Å². The van der Waals surface area contributed by atoms with Crippen molar-refractivity contribution >= 4 is 101 Å². The van der Waals surface area contributed by atoms with Crippen LogP contribution in [0.15, 0.2) is 140 Å². The second-order valence-corrected chi connectivity index (χ2v) is 24.2. The van der Waals surface area contributed by atoms with Crippen molar-refractivity contribution in [2.75, 3.05) is 18.1 Å². The highest BCUT2D eigenvalue weighted by Crippen LogP contribution is 2.26. The van der Waals surface area contributed by atoms with Crippen LogP contribution in [0.4, 0.5) is 0 Å². The normalized spacial score (nSPS) is 20.3. The lowest BCUT2D eigenvalue weighted by atomic mass is 9.99. The van der Waals surface area contributed by atoms with Crippen LogP contribution in [0, 0.1) is 5.92 Å². The van der Waals surface area contributed by atoms with Crippen LogP contribution in [0.1, 0.15) is 55.4 Å². The molecule has 15 N–H and O–H groups in total. The Hall–Kier alpha value is -8.44. The van der Waals surface area contributed by atoms with Gasteiger partial charge in [0.05, 0.1) is 6.04 Å². The topological polar surface area (TPSA) is 335 Å². The first-order chi connectivity index (χ1) is 40.9. The van der Waals surface area contributed by atoms with E-state index in [1.54, 1.807) is 32.2 Å². The second kappa shape index (κ2) is 29.9. The number of aromatic amines is 1. The number of para-hydroxylation sites is 1. The van der Waals surface area contributed by atoms with Gasteiger partial charge in [0.15, 0.2) is 0 Å². The number of hydrogen-bond donors (Lipinski definition) is 12. The van der Waals surface area contributed by atoms with E-state index in [1.165, 1.54) is 12.1 Å². The molecule has 446 valence electrons. The van der Waals surface area contributed by atoms with E-state index in [1.807, 2.05) is 109 Å². The molecule has 3 unspecified atom stereocenters. The van der Waals surface area contributed by atoms with Crippen molar-refractivity contribution in [3.63, 3.8) is 0 Å². The molecule has 0 bridgehead atoms. The largest absolute Gasteiger partial charge is 0.508 e. The first kappa shape index (κ1) is 62.6. The first-order valence-corrected chi connectivity index (χ1v) is 30.8. The van der Waals surface area contributed by atoms with Crippen LogP contribution >= 0.6 is 21.6 Å². The molecule has 0 radical (unpaired) electrons. The Morgan fingerprint density at radius 2 is 1.19 bits per heavy atom. The number of primary amides is 1. The number of fused-ring (bicyclic) bond motifs is 3. The fourth-order valence-electron chi connectivity index (χ4n) is 10.1. The summed E-state index contributed by atoms with van der Waals surface area (Å²) in [5.41, 5.74) is 21.8. The lowest BCUT2D eigenvalue weighted by Crippen LogP contribution is -2.61. The molecule has 8 atom stereocenters. The fraction of sp³-hybridized carbons (Fsp3) is 0.333. The molecule has 2 heterocycles. The van der Waals surface area contributed by atoms with Crippen LogP contribution in [0.5, 0.6) is 5.75 Å². The van der Waals surface area contributed by atoms with Gasteiger partial charge in [-0.15, -0.1) is 0 Å². The first-order valence-electron chi connectivity index (χ1n) is 28.3. The van der Waals surface area contributed by atoms with Crippen LogP contribution in [-0.2, 0) is 64.0 Å². The minimum absolute atomic E-state index is 0.0182. The number of H-pyrrole nitrogens is 1. The lowest BCUT2D eigenvalue weighted by molar-refractivity contribution is -0.136. The lowest BCUT2D eigenvalue weighted by Gasteiger charge is -2.29. The third-order valence-electron chi connectivity index (χ3n) is 14.9. The number of carbonyl (C=O) groups is 8. The number of nitrogens with one attached hydrogen (secondary N) is 8. The van der Waals surface area contributed by atoms with Crippen molar-refractivity contribution < 1.29 is 43.5 Å². The minimum atomic E-state index is -1.41. The van der Waals surface area contributed by atoms with Gasteiger partial charge in [-0.05, 0) is 100 Å². The molecule has 1 aromatic heterocycles. The zero-order valence-corrected chi connectivity index (χ0v) is 48.9. The van der Waals surface area contributed by atoms with Gasteiger partial charge in [-0.25, -0.2) is 0 Å². The van der Waals surface area contributed by atoms with Gasteiger partial charge in [-0.2, -0.15) is 0 Å². The van der Waals surface area contributed by atoms with Gasteiger partial charge in [-0.3, -0.25) is 38.4 Å². The Labute approximate surface area is 500 Å². The van der Waals surface area contributed by atoms with Gasteiger partial charge in [0.2, 0.25) is 47.3 Å². The van der Waals surface area contributed by atoms with Crippen LogP contribution in [-0.4, -0.2) is 124 Å². The molecule has 1 aliphatic heterocycles. The smallest absolute Gasteiger partial charge is 0.244 e. The monoisotopic (exact) mass is 1190 g/mol. The number of phenols is 1. The summed E-state index contributed by atoms with van der Waals surface area (Å²) in [6.07, 6.45) is 2.56. The Bertz CT molecular complexity index is 3530. The molecule has 85 heavy (non-hydrogen) atoms. The predicted octanol–water partition coefficient (Wildman–Crippen LogP) is 3.84. The number of benzene rings is 6. The van der Waals surface area contributed by atoms with Gasteiger partial charge in [-0.1, -0.05) is 151 Å². The van der Waals surface area contributed by atoms with Gasteiger partial charge in [0.1, 0.15) is 48.0 Å². The van der Waals surface area contributed by atoms with E-state index in [9.17, 15) is 43.5 Å². The summed E-state index contributed by atoms with van der Waals surface area (Å²) in [5, 5.41) is 34.5. The molecule has 1 fully saturated rings. The quantitative estimate of drug-likeness (QED) is 0.0430. The second-order valence-electron chi connectivity index (χ2n) is 21.7. The number of hydrogen-bond acceptors (Lipinski definition) is 13. The Balaban J connectivity index is 1.14. The molecule has 0 aliphatic carbocycles. The van der Waals surface area contributed by atoms with Crippen molar-refractivity contribution in [3.05, 3.63) is 162 Å². The van der Waals surface area contributed by atoms with Crippen molar-refractivity contribution in [2.45, 2.75) is 107 Å². The van der Waals surface area contributed by atoms with Gasteiger partial charge in [0, 0.05) is 47.9 Å². The number of nitrogens with two attached hydrogens (primary N) is 3. The summed E-state index contributed by atoms with van der Waals surface area (Å²) in [6, 6.07) is 29.7. The molecule has 6 aromatic carbocycles. The maximum atomic E-state index is 15.0. The Kier molecular flexibility index (Phi) is 22.0. The molecule has 22 heteroatoms. The summed E-state index contributed by atoms with van der Waals surface area (Å²) in [6.45, 7) is 3.69. The summed E-state index contributed by atoms with van der Waals surface area (Å²) in [4.78, 5) is 119. The average Bonchev–Trinajstić information content (AvgIpc) is 4.02. The highest BCUT2D eigenvalue weighted by molar-refractivity contribution is 8.76. The van der Waals surface area contributed by atoms with Gasteiger partial charge >= 0.3 is 0 Å². The number of rotatable bonds is 18. The number of amides is 8. The van der Waals surface area contributed by atoms with Crippen LogP contribution in [0.25, 0.3) is 32.4 Å². The predicted molar refractivity (Wildman–Crippen MR) is 332 cm³/mol.